The Hall–Kier alpha value is -4.73. The molecule has 0 aliphatic carbocycles. The lowest BCUT2D eigenvalue weighted by molar-refractivity contribution is -0.270. The lowest BCUT2D eigenvalue weighted by Crippen LogP contribution is -2.64. The average molecular weight is 1340 g/mol. The molecule has 0 aromatic heterocycles. The summed E-state index contributed by atoms with van der Waals surface area (Å²) in [5, 5.41) is 107. The van der Waals surface area contributed by atoms with Gasteiger partial charge in [-0.05, 0) is 45.6 Å². The van der Waals surface area contributed by atoms with Gasteiger partial charge in [0, 0.05) is 91.6 Å². The van der Waals surface area contributed by atoms with Gasteiger partial charge in [-0.25, -0.2) is 0 Å². The van der Waals surface area contributed by atoms with Crippen LogP contribution in [0, 0.1) is 0 Å². The molecule has 3 aliphatic heterocycles. The minimum atomic E-state index is -1.49. The van der Waals surface area contributed by atoms with Gasteiger partial charge in [-0.2, -0.15) is 0 Å². The molecule has 0 radical (unpaired) electrons. The Labute approximate surface area is 541 Å². The van der Waals surface area contributed by atoms with Crippen LogP contribution in [0.4, 0.5) is 0 Å². The second-order valence-electron chi connectivity index (χ2n) is 23.4. The normalized spacial score (nSPS) is 26.9. The van der Waals surface area contributed by atoms with E-state index in [1.54, 1.807) is 7.05 Å². The van der Waals surface area contributed by atoms with Gasteiger partial charge in [-0.1, -0.05) is 6.42 Å². The molecule has 0 saturated carbocycles. The summed E-state index contributed by atoms with van der Waals surface area (Å²) in [5.41, 5.74) is -0.979. The van der Waals surface area contributed by atoms with Crippen LogP contribution in [-0.2, 0) is 85.8 Å². The molecule has 16 atom stereocenters. The SMILES string of the molecule is CNC(COCCC(=O)CCCCCC(=O)CCO[C@@H]1OC(CO)[C@H](O)[C@H](O)C1NC(C)=O)(COCCC(=O)CCCCNC(=O)CCO[C@@H]1OC(CO)[C@H](O)[C@H](O)C1NC(C)=O)COCCC(=O)NCCCCC(=O)CCO[C@@H]1OC(CO)[C@H](O)[C@H](O)C1NC(C)=O. The van der Waals surface area contributed by atoms with Crippen molar-refractivity contribution >= 4 is 52.7 Å². The Morgan fingerprint density at radius 3 is 0.957 bits per heavy atom. The van der Waals surface area contributed by atoms with Crippen molar-refractivity contribution in [2.75, 3.05) is 99.4 Å². The van der Waals surface area contributed by atoms with Crippen molar-refractivity contribution in [3.8, 4) is 0 Å². The van der Waals surface area contributed by atoms with Gasteiger partial charge in [-0.15, -0.1) is 0 Å². The maximum atomic E-state index is 12.9. The van der Waals surface area contributed by atoms with Crippen LogP contribution in [0.3, 0.4) is 0 Å². The van der Waals surface area contributed by atoms with E-state index in [4.69, 9.17) is 42.6 Å². The number of aliphatic hydroxyl groups excluding tert-OH is 9. The van der Waals surface area contributed by atoms with Crippen LogP contribution in [0.1, 0.15) is 130 Å². The number of hydrogen-bond donors (Lipinski definition) is 15. The number of unbranched alkanes of at least 4 members (excludes halogenated alkanes) is 4. The van der Waals surface area contributed by atoms with Gasteiger partial charge in [-0.3, -0.25) is 43.2 Å². The second kappa shape index (κ2) is 45.7. The minimum absolute atomic E-state index is 0.00279. The van der Waals surface area contributed by atoms with E-state index in [1.165, 1.54) is 20.8 Å². The Kier molecular flexibility index (Phi) is 40.5. The summed E-state index contributed by atoms with van der Waals surface area (Å²) >= 11 is 0. The number of carbonyl (C=O) groups excluding carboxylic acids is 9. The number of carbonyl (C=O) groups is 9. The molecule has 536 valence electrons. The highest BCUT2D eigenvalue weighted by molar-refractivity contribution is 5.80. The van der Waals surface area contributed by atoms with E-state index in [0.717, 1.165) is 0 Å². The molecule has 3 saturated heterocycles. The third-order valence-corrected chi connectivity index (χ3v) is 15.7. The molecule has 0 bridgehead atoms. The third kappa shape index (κ3) is 31.3. The lowest BCUT2D eigenvalue weighted by atomic mass is 9.97. The molecule has 93 heavy (non-hydrogen) atoms. The summed E-state index contributed by atoms with van der Waals surface area (Å²) in [7, 11) is 1.67. The van der Waals surface area contributed by atoms with E-state index in [9.17, 15) is 89.1 Å². The Morgan fingerprint density at radius 2 is 0.656 bits per heavy atom. The number of ketones is 4. The summed E-state index contributed by atoms with van der Waals surface area (Å²) in [6, 6.07) is -3.41. The Bertz CT molecular complexity index is 2020. The molecule has 0 aromatic rings. The van der Waals surface area contributed by atoms with Gasteiger partial charge < -0.3 is 120 Å². The zero-order chi connectivity index (χ0) is 68.9. The van der Waals surface area contributed by atoms with Crippen LogP contribution in [0.5, 0.6) is 0 Å². The largest absolute Gasteiger partial charge is 0.394 e. The molecule has 0 aromatic carbocycles. The maximum absolute atomic E-state index is 12.9. The van der Waals surface area contributed by atoms with Crippen LogP contribution in [0.15, 0.2) is 0 Å². The van der Waals surface area contributed by atoms with Gasteiger partial charge in [0.1, 0.15) is 96.2 Å². The van der Waals surface area contributed by atoms with Gasteiger partial charge in [0.05, 0.1) is 91.2 Å². The molecule has 3 aliphatic rings. The Morgan fingerprint density at radius 1 is 0.376 bits per heavy atom. The number of likely N-dealkylation sites (N-methyl/N-ethyl adjacent to an activating group) is 1. The first kappa shape index (κ1) is 82.5. The molecule has 0 spiro atoms. The van der Waals surface area contributed by atoms with Crippen LogP contribution >= 0.6 is 0 Å². The molecule has 15 N–H and O–H groups in total. The molecule has 3 heterocycles. The number of Topliss-reactive ketones (excluding diaryl/α,β-unsaturated/α-hetero) is 4. The number of nitrogens with one attached hydrogen (secondary N) is 6. The molecule has 5 amide bonds. The highest BCUT2D eigenvalue weighted by atomic mass is 16.7. The molecule has 33 nitrogen and oxygen atoms in total. The number of hydrogen-bond acceptors (Lipinski definition) is 28. The van der Waals surface area contributed by atoms with E-state index < -0.39 is 135 Å². The van der Waals surface area contributed by atoms with Gasteiger partial charge in [0.2, 0.25) is 29.5 Å². The first-order valence-corrected chi connectivity index (χ1v) is 31.9. The van der Waals surface area contributed by atoms with Crippen molar-refractivity contribution in [1.82, 2.24) is 31.9 Å². The van der Waals surface area contributed by atoms with E-state index in [0.29, 0.717) is 44.9 Å². The highest BCUT2D eigenvalue weighted by Crippen LogP contribution is 2.26. The smallest absolute Gasteiger partial charge is 0.222 e. The van der Waals surface area contributed by atoms with Crippen LogP contribution < -0.4 is 31.9 Å². The molecule has 3 rings (SSSR count). The fraction of sp³-hybridized carbons (Fsp3) is 0.850. The minimum Gasteiger partial charge on any atom is -0.394 e. The summed E-state index contributed by atoms with van der Waals surface area (Å²) in [5.74, 6) is -2.60. The summed E-state index contributed by atoms with van der Waals surface area (Å²) in [6.07, 6.45) is -11.6. The molecular formula is C60H104N6O27. The van der Waals surface area contributed by atoms with Crippen LogP contribution in [0.25, 0.3) is 0 Å². The monoisotopic (exact) mass is 1340 g/mol. The fourth-order valence-corrected chi connectivity index (χ4v) is 10.2. The van der Waals surface area contributed by atoms with Crippen molar-refractivity contribution in [2.45, 2.75) is 227 Å². The van der Waals surface area contributed by atoms with E-state index in [-0.39, 0.29) is 172 Å². The number of aliphatic hydroxyl groups is 9. The van der Waals surface area contributed by atoms with Crippen molar-refractivity contribution in [3.63, 3.8) is 0 Å². The van der Waals surface area contributed by atoms with Gasteiger partial charge >= 0.3 is 0 Å². The third-order valence-electron chi connectivity index (χ3n) is 15.7. The van der Waals surface area contributed by atoms with Gasteiger partial charge in [0.15, 0.2) is 18.9 Å². The fourth-order valence-electron chi connectivity index (χ4n) is 10.2. The van der Waals surface area contributed by atoms with Crippen LogP contribution in [-0.4, -0.2) is 296 Å². The van der Waals surface area contributed by atoms with Crippen LogP contribution in [0.2, 0.25) is 0 Å². The number of ether oxygens (including phenoxy) is 9. The first-order chi connectivity index (χ1) is 44.4. The molecule has 7 unspecified atom stereocenters. The zero-order valence-electron chi connectivity index (χ0n) is 54.0. The van der Waals surface area contributed by atoms with Crippen molar-refractivity contribution in [3.05, 3.63) is 0 Å². The van der Waals surface area contributed by atoms with E-state index in [2.05, 4.69) is 31.9 Å². The predicted molar refractivity (Wildman–Crippen MR) is 323 cm³/mol. The number of rotatable bonds is 50. The van der Waals surface area contributed by atoms with E-state index >= 15 is 0 Å². The zero-order valence-corrected chi connectivity index (χ0v) is 54.0. The van der Waals surface area contributed by atoms with E-state index in [1.807, 2.05) is 0 Å². The van der Waals surface area contributed by atoms with Crippen molar-refractivity contribution in [1.29, 1.82) is 0 Å². The van der Waals surface area contributed by atoms with Crippen molar-refractivity contribution in [2.24, 2.45) is 0 Å². The highest BCUT2D eigenvalue weighted by Gasteiger charge is 2.48. The second-order valence-corrected chi connectivity index (χ2v) is 23.4. The average Bonchev–Trinajstić information content (AvgIpc) is 1.21. The summed E-state index contributed by atoms with van der Waals surface area (Å²) in [4.78, 5) is 111. The van der Waals surface area contributed by atoms with Crippen molar-refractivity contribution < 1.29 is 132 Å². The molecular weight excluding hydrogens is 1240 g/mol. The first-order valence-electron chi connectivity index (χ1n) is 31.9. The number of amides is 5. The van der Waals surface area contributed by atoms with Gasteiger partial charge in [0.25, 0.3) is 0 Å². The maximum Gasteiger partial charge on any atom is 0.222 e. The standard InChI is InChI=1S/C60H104N6O27/c1-36(70)64-48-54(82)51(79)43(30-67)91-57(48)88-27-18-41(75)13-7-5-6-12-39(73)16-24-85-33-60(61-4,34-86-25-17-40(74)14-8-10-23-63-47(78)21-29-90-59-50(66-38(3)72)56(84)53(81)45(32-69)93-59)35-87-26-20-46(77)62-22-11-9-15-42(76)19-28-89-58-49(65-37(2)71)55(83)52(80)44(31-68)92-58/h43-45,48-59,61,67-69,79-84H,5-35H2,1-4H3,(H,62,77)(H,63,78)(H,64,70)(H,65,71)(H,66,72)/t43?,44?,45?,48?,49?,50?,51-,52-,53-,54+,55+,56+,57+,58+,59+,60?/m0/s1. The molecule has 33 heteroatoms. The summed E-state index contributed by atoms with van der Waals surface area (Å²) < 4.78 is 51.3. The topological polar surface area (TPSA) is 491 Å². The Balaban J connectivity index is 1.40. The molecule has 3 fully saturated rings. The lowest BCUT2D eigenvalue weighted by Gasteiger charge is -2.42. The quantitative estimate of drug-likeness (QED) is 0.0254. The summed E-state index contributed by atoms with van der Waals surface area (Å²) in [6.45, 7) is 2.13. The predicted octanol–water partition coefficient (Wildman–Crippen LogP) is -4.98.